The van der Waals surface area contributed by atoms with E-state index < -0.39 is 5.97 Å². The first-order chi connectivity index (χ1) is 8.02. The van der Waals surface area contributed by atoms with Crippen molar-refractivity contribution in [2.24, 2.45) is 0 Å². The normalized spacial score (nSPS) is 11.5. The van der Waals surface area contributed by atoms with Crippen molar-refractivity contribution in [3.63, 3.8) is 0 Å². The Morgan fingerprint density at radius 3 is 2.94 bits per heavy atom. The van der Waals surface area contributed by atoms with Gasteiger partial charge in [-0.25, -0.2) is 9.78 Å². The van der Waals surface area contributed by atoms with Crippen LogP contribution in [0.2, 0.25) is 0 Å². The van der Waals surface area contributed by atoms with Crippen LogP contribution in [0.5, 0.6) is 0 Å². The van der Waals surface area contributed by atoms with Gasteiger partial charge in [-0.3, -0.25) is 4.79 Å². The SMILES string of the molecule is CCC(=CCSc1nc(N)cc(=O)[nH]1)C(=O)O. The van der Waals surface area contributed by atoms with E-state index >= 15 is 0 Å². The molecule has 0 saturated carbocycles. The standard InChI is InChI=1S/C10H13N3O3S/c1-2-6(9(15)16)3-4-17-10-12-7(11)5-8(14)13-10/h3,5H,2,4H2,1H3,(H,15,16)(H3,11,12,13,14). The molecule has 0 aromatic carbocycles. The van der Waals surface area contributed by atoms with E-state index in [9.17, 15) is 9.59 Å². The number of anilines is 1. The van der Waals surface area contributed by atoms with Crippen molar-refractivity contribution < 1.29 is 9.90 Å². The van der Waals surface area contributed by atoms with Crippen LogP contribution < -0.4 is 11.3 Å². The summed E-state index contributed by atoms with van der Waals surface area (Å²) in [5.41, 5.74) is 5.43. The lowest BCUT2D eigenvalue weighted by molar-refractivity contribution is -0.132. The summed E-state index contributed by atoms with van der Waals surface area (Å²) in [5.74, 6) is -0.363. The van der Waals surface area contributed by atoms with E-state index in [2.05, 4.69) is 9.97 Å². The maximum absolute atomic E-state index is 11.1. The average Bonchev–Trinajstić information content (AvgIpc) is 2.22. The van der Waals surface area contributed by atoms with Crippen LogP contribution in [0.15, 0.2) is 27.7 Å². The number of nitrogens with zero attached hydrogens (tertiary/aromatic N) is 1. The number of carboxylic acid groups (broad SMARTS) is 1. The van der Waals surface area contributed by atoms with Crippen LogP contribution in [0.25, 0.3) is 0 Å². The van der Waals surface area contributed by atoms with Gasteiger partial charge in [-0.1, -0.05) is 24.8 Å². The number of aromatic amines is 1. The monoisotopic (exact) mass is 255 g/mol. The van der Waals surface area contributed by atoms with Gasteiger partial charge in [0, 0.05) is 17.4 Å². The van der Waals surface area contributed by atoms with E-state index in [4.69, 9.17) is 10.8 Å². The second-order valence-electron chi connectivity index (χ2n) is 3.17. The largest absolute Gasteiger partial charge is 0.478 e. The Morgan fingerprint density at radius 2 is 2.41 bits per heavy atom. The fraction of sp³-hybridized carbons (Fsp3) is 0.300. The fourth-order valence-corrected chi connectivity index (χ4v) is 1.91. The second kappa shape index (κ2) is 6.09. The average molecular weight is 255 g/mol. The Hall–Kier alpha value is -1.76. The van der Waals surface area contributed by atoms with Crippen LogP contribution in [0, 0.1) is 0 Å². The fourth-order valence-electron chi connectivity index (χ4n) is 1.13. The molecule has 0 fully saturated rings. The van der Waals surface area contributed by atoms with Crippen molar-refractivity contribution >= 4 is 23.5 Å². The Balaban J connectivity index is 2.67. The predicted octanol–water partition coefficient (Wildman–Crippen LogP) is 0.865. The molecule has 4 N–H and O–H groups in total. The number of hydrogen-bond donors (Lipinski definition) is 3. The number of aliphatic carboxylic acids is 1. The molecule has 0 aliphatic rings. The summed E-state index contributed by atoms with van der Waals surface area (Å²) in [7, 11) is 0. The lowest BCUT2D eigenvalue weighted by atomic mass is 10.2. The van der Waals surface area contributed by atoms with Gasteiger partial charge in [-0.15, -0.1) is 0 Å². The van der Waals surface area contributed by atoms with Crippen LogP contribution in [0.1, 0.15) is 13.3 Å². The van der Waals surface area contributed by atoms with Gasteiger partial charge >= 0.3 is 5.97 Å². The van der Waals surface area contributed by atoms with E-state index in [1.807, 2.05) is 0 Å². The molecular weight excluding hydrogens is 242 g/mol. The van der Waals surface area contributed by atoms with Gasteiger partial charge in [0.15, 0.2) is 5.16 Å². The van der Waals surface area contributed by atoms with Crippen LogP contribution in [-0.4, -0.2) is 26.8 Å². The Kier molecular flexibility index (Phi) is 4.77. The molecule has 0 amide bonds. The zero-order valence-electron chi connectivity index (χ0n) is 9.27. The molecule has 17 heavy (non-hydrogen) atoms. The van der Waals surface area contributed by atoms with E-state index in [-0.39, 0.29) is 11.4 Å². The zero-order chi connectivity index (χ0) is 12.8. The number of carboxylic acids is 1. The minimum atomic E-state index is -0.929. The van der Waals surface area contributed by atoms with Crippen LogP contribution in [0.3, 0.4) is 0 Å². The van der Waals surface area contributed by atoms with Crippen molar-refractivity contribution in [1.29, 1.82) is 0 Å². The molecule has 0 aliphatic heterocycles. The first kappa shape index (κ1) is 13.3. The second-order valence-corrected chi connectivity index (χ2v) is 4.18. The first-order valence-electron chi connectivity index (χ1n) is 4.95. The van der Waals surface area contributed by atoms with Crippen molar-refractivity contribution in [2.75, 3.05) is 11.5 Å². The molecule has 6 nitrogen and oxygen atoms in total. The van der Waals surface area contributed by atoms with Crippen molar-refractivity contribution in [2.45, 2.75) is 18.5 Å². The van der Waals surface area contributed by atoms with Crippen LogP contribution in [-0.2, 0) is 4.79 Å². The van der Waals surface area contributed by atoms with Gasteiger partial charge < -0.3 is 15.8 Å². The molecule has 1 heterocycles. The topological polar surface area (TPSA) is 109 Å². The van der Waals surface area contributed by atoms with Gasteiger partial charge in [0.05, 0.1) is 0 Å². The van der Waals surface area contributed by atoms with Crippen LogP contribution in [0.4, 0.5) is 5.82 Å². The summed E-state index contributed by atoms with van der Waals surface area (Å²) in [6.45, 7) is 1.77. The molecule has 7 heteroatoms. The maximum Gasteiger partial charge on any atom is 0.331 e. The minimum Gasteiger partial charge on any atom is -0.478 e. The molecule has 0 aliphatic carbocycles. The van der Waals surface area contributed by atoms with E-state index in [0.717, 1.165) is 0 Å². The van der Waals surface area contributed by atoms with Crippen LogP contribution >= 0.6 is 11.8 Å². The quantitative estimate of drug-likeness (QED) is 0.409. The number of rotatable bonds is 5. The zero-order valence-corrected chi connectivity index (χ0v) is 10.1. The molecule has 92 valence electrons. The highest BCUT2D eigenvalue weighted by molar-refractivity contribution is 7.99. The van der Waals surface area contributed by atoms with Crippen molar-refractivity contribution in [3.8, 4) is 0 Å². The van der Waals surface area contributed by atoms with E-state index in [0.29, 0.717) is 22.9 Å². The van der Waals surface area contributed by atoms with Crippen molar-refractivity contribution in [1.82, 2.24) is 9.97 Å². The van der Waals surface area contributed by atoms with Gasteiger partial charge in [-0.2, -0.15) is 0 Å². The van der Waals surface area contributed by atoms with E-state index in [1.54, 1.807) is 13.0 Å². The predicted molar refractivity (Wildman–Crippen MR) is 66.0 cm³/mol. The number of thioether (sulfide) groups is 1. The molecule has 0 atom stereocenters. The highest BCUT2D eigenvalue weighted by Gasteiger charge is 2.04. The number of H-pyrrole nitrogens is 1. The summed E-state index contributed by atoms with van der Waals surface area (Å²) in [5, 5.41) is 9.17. The summed E-state index contributed by atoms with van der Waals surface area (Å²) in [6, 6.07) is 1.19. The maximum atomic E-state index is 11.1. The summed E-state index contributed by atoms with van der Waals surface area (Å²) < 4.78 is 0. The van der Waals surface area contributed by atoms with Crippen molar-refractivity contribution in [3.05, 3.63) is 28.1 Å². The third kappa shape index (κ3) is 4.31. The molecular formula is C10H13N3O3S. The lowest BCUT2D eigenvalue weighted by Crippen LogP contribution is -2.09. The van der Waals surface area contributed by atoms with Gasteiger partial charge in [0.2, 0.25) is 0 Å². The Morgan fingerprint density at radius 1 is 1.71 bits per heavy atom. The Bertz CT molecular complexity index is 496. The number of aromatic nitrogens is 2. The molecule has 1 aromatic heterocycles. The summed E-state index contributed by atoms with van der Waals surface area (Å²) in [6.07, 6.45) is 2.05. The number of nitrogens with two attached hydrogens (primary N) is 1. The molecule has 0 saturated heterocycles. The smallest absolute Gasteiger partial charge is 0.331 e. The summed E-state index contributed by atoms with van der Waals surface area (Å²) >= 11 is 1.22. The molecule has 1 aromatic rings. The first-order valence-corrected chi connectivity index (χ1v) is 5.93. The number of nitrogens with one attached hydrogen (secondary N) is 1. The molecule has 0 unspecified atom stereocenters. The third-order valence-electron chi connectivity index (χ3n) is 1.95. The molecule has 0 bridgehead atoms. The minimum absolute atomic E-state index is 0.147. The number of hydrogen-bond acceptors (Lipinski definition) is 5. The highest BCUT2D eigenvalue weighted by atomic mass is 32.2. The van der Waals surface area contributed by atoms with Gasteiger partial charge in [-0.05, 0) is 6.42 Å². The Labute approximate surface area is 102 Å². The number of carbonyl (C=O) groups is 1. The highest BCUT2D eigenvalue weighted by Crippen LogP contribution is 2.13. The molecule has 0 radical (unpaired) electrons. The third-order valence-corrected chi connectivity index (χ3v) is 2.75. The van der Waals surface area contributed by atoms with Gasteiger partial charge in [0.25, 0.3) is 5.56 Å². The van der Waals surface area contributed by atoms with E-state index in [1.165, 1.54) is 17.8 Å². The summed E-state index contributed by atoms with van der Waals surface area (Å²) in [4.78, 5) is 28.2. The van der Waals surface area contributed by atoms with Gasteiger partial charge in [0.1, 0.15) is 5.82 Å². The lowest BCUT2D eigenvalue weighted by Gasteiger charge is -2.00. The molecule has 0 spiro atoms. The number of nitrogen functional groups attached to an aromatic ring is 1. The molecule has 1 rings (SSSR count).